The molecule has 2 heterocycles. The van der Waals surface area contributed by atoms with Crippen LogP contribution in [0.1, 0.15) is 18.4 Å². The minimum Gasteiger partial charge on any atom is -0.504 e. The molecule has 2 N–H and O–H groups in total. The van der Waals surface area contributed by atoms with E-state index in [2.05, 4.69) is 5.32 Å². The number of nitrogens with one attached hydrogen (secondary N) is 1. The van der Waals surface area contributed by atoms with Gasteiger partial charge in [0.1, 0.15) is 0 Å². The standard InChI is InChI=1S/C13H17NO3/c15-12-10(7-9-3-5-14-6-4-9)1-2-11-13(12)17-8-16-11/h1-2,9,14-15H,3-8H2. The molecular weight excluding hydrogens is 218 g/mol. The fourth-order valence-corrected chi connectivity index (χ4v) is 2.56. The maximum atomic E-state index is 10.1. The monoisotopic (exact) mass is 235 g/mol. The lowest BCUT2D eigenvalue weighted by molar-refractivity contribution is 0.171. The first-order valence-electron chi connectivity index (χ1n) is 6.16. The molecule has 0 amide bonds. The van der Waals surface area contributed by atoms with E-state index in [9.17, 15) is 5.11 Å². The van der Waals surface area contributed by atoms with Gasteiger partial charge in [0.05, 0.1) is 0 Å². The number of aromatic hydroxyl groups is 1. The Morgan fingerprint density at radius 3 is 2.88 bits per heavy atom. The van der Waals surface area contributed by atoms with Crippen molar-refractivity contribution in [3.05, 3.63) is 17.7 Å². The van der Waals surface area contributed by atoms with E-state index in [1.807, 2.05) is 12.1 Å². The summed E-state index contributed by atoms with van der Waals surface area (Å²) in [6, 6.07) is 3.84. The topological polar surface area (TPSA) is 50.7 Å². The van der Waals surface area contributed by atoms with Crippen LogP contribution in [0.25, 0.3) is 0 Å². The highest BCUT2D eigenvalue weighted by molar-refractivity contribution is 5.56. The van der Waals surface area contributed by atoms with Crippen molar-refractivity contribution in [2.75, 3.05) is 19.9 Å². The maximum Gasteiger partial charge on any atom is 0.231 e. The molecule has 1 saturated heterocycles. The molecule has 1 aromatic rings. The van der Waals surface area contributed by atoms with Crippen molar-refractivity contribution in [2.24, 2.45) is 5.92 Å². The van der Waals surface area contributed by atoms with Crippen molar-refractivity contribution in [1.82, 2.24) is 5.32 Å². The molecule has 0 bridgehead atoms. The van der Waals surface area contributed by atoms with Crippen molar-refractivity contribution < 1.29 is 14.6 Å². The zero-order valence-corrected chi connectivity index (χ0v) is 9.74. The Labute approximate surface area is 101 Å². The van der Waals surface area contributed by atoms with Crippen LogP contribution in [0, 0.1) is 5.92 Å². The molecule has 92 valence electrons. The number of piperidine rings is 1. The molecule has 4 heteroatoms. The molecule has 17 heavy (non-hydrogen) atoms. The molecule has 1 aromatic carbocycles. The lowest BCUT2D eigenvalue weighted by Gasteiger charge is -2.23. The van der Waals surface area contributed by atoms with Gasteiger partial charge in [0.25, 0.3) is 0 Å². The molecule has 2 aliphatic rings. The molecule has 0 aliphatic carbocycles. The average molecular weight is 235 g/mol. The summed E-state index contributed by atoms with van der Waals surface area (Å²) in [4.78, 5) is 0. The Balaban J connectivity index is 1.78. The van der Waals surface area contributed by atoms with Gasteiger partial charge < -0.3 is 19.9 Å². The van der Waals surface area contributed by atoms with E-state index in [1.54, 1.807) is 0 Å². The van der Waals surface area contributed by atoms with E-state index < -0.39 is 0 Å². The van der Waals surface area contributed by atoms with Crippen molar-refractivity contribution in [3.8, 4) is 17.2 Å². The highest BCUT2D eigenvalue weighted by Gasteiger charge is 2.22. The molecule has 0 radical (unpaired) electrons. The zero-order chi connectivity index (χ0) is 11.7. The van der Waals surface area contributed by atoms with Crippen LogP contribution in [-0.4, -0.2) is 25.0 Å². The third-order valence-electron chi connectivity index (χ3n) is 3.56. The van der Waals surface area contributed by atoms with E-state index in [0.717, 1.165) is 25.1 Å². The molecule has 3 rings (SSSR count). The van der Waals surface area contributed by atoms with Gasteiger partial charge in [0, 0.05) is 0 Å². The number of rotatable bonds is 2. The Kier molecular flexibility index (Phi) is 2.81. The van der Waals surface area contributed by atoms with E-state index in [-0.39, 0.29) is 12.5 Å². The fourth-order valence-electron chi connectivity index (χ4n) is 2.56. The smallest absolute Gasteiger partial charge is 0.231 e. The minimum absolute atomic E-state index is 0.208. The highest BCUT2D eigenvalue weighted by Crippen LogP contribution is 2.43. The van der Waals surface area contributed by atoms with Crippen LogP contribution in [-0.2, 0) is 6.42 Å². The molecule has 0 spiro atoms. The van der Waals surface area contributed by atoms with Gasteiger partial charge in [-0.3, -0.25) is 0 Å². The maximum absolute atomic E-state index is 10.1. The number of phenolic OH excluding ortho intramolecular Hbond substituents is 1. The third-order valence-corrected chi connectivity index (χ3v) is 3.56. The van der Waals surface area contributed by atoms with Gasteiger partial charge in [0.2, 0.25) is 12.5 Å². The van der Waals surface area contributed by atoms with Crippen molar-refractivity contribution in [2.45, 2.75) is 19.3 Å². The number of hydrogen-bond donors (Lipinski definition) is 2. The summed E-state index contributed by atoms with van der Waals surface area (Å²) in [6.07, 6.45) is 3.27. The van der Waals surface area contributed by atoms with E-state index >= 15 is 0 Å². The quantitative estimate of drug-likeness (QED) is 0.818. The number of fused-ring (bicyclic) bond motifs is 1. The van der Waals surface area contributed by atoms with E-state index in [0.29, 0.717) is 17.4 Å². The van der Waals surface area contributed by atoms with Crippen LogP contribution in [0.5, 0.6) is 17.2 Å². The Bertz CT molecular complexity index is 413. The molecule has 2 aliphatic heterocycles. The second kappa shape index (κ2) is 4.45. The molecule has 0 atom stereocenters. The number of benzene rings is 1. The zero-order valence-electron chi connectivity index (χ0n) is 9.74. The fraction of sp³-hybridized carbons (Fsp3) is 0.538. The minimum atomic E-state index is 0.208. The average Bonchev–Trinajstić information content (AvgIpc) is 2.83. The summed E-state index contributed by atoms with van der Waals surface area (Å²) >= 11 is 0. The summed E-state index contributed by atoms with van der Waals surface area (Å²) in [7, 11) is 0. The van der Waals surface area contributed by atoms with Gasteiger partial charge in [-0.25, -0.2) is 0 Å². The third kappa shape index (κ3) is 2.05. The van der Waals surface area contributed by atoms with E-state index in [4.69, 9.17) is 9.47 Å². The van der Waals surface area contributed by atoms with Gasteiger partial charge in [-0.1, -0.05) is 6.07 Å². The first-order chi connectivity index (χ1) is 8.34. The molecule has 0 unspecified atom stereocenters. The summed E-state index contributed by atoms with van der Waals surface area (Å²) in [6.45, 7) is 2.37. The molecule has 0 saturated carbocycles. The first kappa shape index (κ1) is 10.7. The molecule has 1 fully saturated rings. The predicted molar refractivity (Wildman–Crippen MR) is 63.5 cm³/mol. The number of hydrogen-bond acceptors (Lipinski definition) is 4. The Morgan fingerprint density at radius 2 is 2.06 bits per heavy atom. The highest BCUT2D eigenvalue weighted by atomic mass is 16.7. The summed E-state index contributed by atoms with van der Waals surface area (Å²) < 4.78 is 10.5. The van der Waals surface area contributed by atoms with Crippen LogP contribution >= 0.6 is 0 Å². The van der Waals surface area contributed by atoms with Crippen molar-refractivity contribution in [1.29, 1.82) is 0 Å². The second-order valence-electron chi connectivity index (χ2n) is 4.70. The molecular formula is C13H17NO3. The van der Waals surface area contributed by atoms with Crippen LogP contribution in [0.4, 0.5) is 0 Å². The summed E-state index contributed by atoms with van der Waals surface area (Å²) in [5.74, 6) is 2.08. The number of ether oxygens (including phenoxy) is 2. The van der Waals surface area contributed by atoms with Crippen LogP contribution in [0.3, 0.4) is 0 Å². The molecule has 4 nitrogen and oxygen atoms in total. The van der Waals surface area contributed by atoms with Gasteiger partial charge in [-0.2, -0.15) is 0 Å². The Hall–Kier alpha value is -1.42. The van der Waals surface area contributed by atoms with Crippen LogP contribution in [0.2, 0.25) is 0 Å². The van der Waals surface area contributed by atoms with Gasteiger partial charge in [-0.05, 0) is 49.9 Å². The largest absolute Gasteiger partial charge is 0.504 e. The van der Waals surface area contributed by atoms with Crippen LogP contribution in [0.15, 0.2) is 12.1 Å². The SMILES string of the molecule is Oc1c(CC2CCNCC2)ccc2c1OCO2. The van der Waals surface area contributed by atoms with Gasteiger partial charge in [-0.15, -0.1) is 0 Å². The lowest BCUT2D eigenvalue weighted by Crippen LogP contribution is -2.28. The van der Waals surface area contributed by atoms with Crippen molar-refractivity contribution in [3.63, 3.8) is 0 Å². The second-order valence-corrected chi connectivity index (χ2v) is 4.70. The van der Waals surface area contributed by atoms with Crippen LogP contribution < -0.4 is 14.8 Å². The summed E-state index contributed by atoms with van der Waals surface area (Å²) in [5.41, 5.74) is 0.973. The van der Waals surface area contributed by atoms with Gasteiger partial charge in [0.15, 0.2) is 11.5 Å². The summed E-state index contributed by atoms with van der Waals surface area (Å²) in [5, 5.41) is 13.5. The predicted octanol–water partition coefficient (Wildman–Crippen LogP) is 1.66. The first-order valence-corrected chi connectivity index (χ1v) is 6.16. The van der Waals surface area contributed by atoms with Gasteiger partial charge >= 0.3 is 0 Å². The molecule has 0 aromatic heterocycles. The lowest BCUT2D eigenvalue weighted by atomic mass is 9.90. The van der Waals surface area contributed by atoms with E-state index in [1.165, 1.54) is 12.8 Å². The number of phenols is 1. The van der Waals surface area contributed by atoms with Crippen molar-refractivity contribution >= 4 is 0 Å². The Morgan fingerprint density at radius 1 is 1.24 bits per heavy atom. The normalized spacial score (nSPS) is 19.5.